The normalized spacial score (nSPS) is 10.6. The number of aromatic amines is 1. The van der Waals surface area contributed by atoms with E-state index in [1.807, 2.05) is 29.6 Å². The number of hydrogen-bond acceptors (Lipinski definition) is 4. The Bertz CT molecular complexity index is 613. The van der Waals surface area contributed by atoms with Gasteiger partial charge in [0.2, 0.25) is 0 Å². The molecule has 3 aromatic heterocycles. The smallest absolute Gasteiger partial charge is 0.155 e. The lowest BCUT2D eigenvalue weighted by atomic mass is 10.1. The summed E-state index contributed by atoms with van der Waals surface area (Å²) in [6.07, 6.45) is 1.75. The Labute approximate surface area is 102 Å². The summed E-state index contributed by atoms with van der Waals surface area (Å²) in [5, 5.41) is 11.1. The SMILES string of the molecule is Nc1n[nH]c(-c2ccsc2)c1-c1ccccn1. The molecule has 4 nitrogen and oxygen atoms in total. The number of rotatable bonds is 2. The Morgan fingerprint density at radius 2 is 2.18 bits per heavy atom. The van der Waals surface area contributed by atoms with Gasteiger partial charge in [0.25, 0.3) is 0 Å². The molecule has 0 aliphatic heterocycles. The first-order valence-electron chi connectivity index (χ1n) is 5.14. The van der Waals surface area contributed by atoms with Crippen molar-refractivity contribution < 1.29 is 0 Å². The van der Waals surface area contributed by atoms with E-state index < -0.39 is 0 Å². The van der Waals surface area contributed by atoms with Gasteiger partial charge in [-0.25, -0.2) is 0 Å². The molecule has 0 saturated heterocycles. The summed E-state index contributed by atoms with van der Waals surface area (Å²) >= 11 is 1.64. The van der Waals surface area contributed by atoms with Crippen molar-refractivity contribution in [2.45, 2.75) is 0 Å². The first-order valence-corrected chi connectivity index (χ1v) is 6.08. The molecular weight excluding hydrogens is 232 g/mol. The van der Waals surface area contributed by atoms with Crippen molar-refractivity contribution in [1.29, 1.82) is 0 Å². The molecule has 5 heteroatoms. The van der Waals surface area contributed by atoms with E-state index in [1.165, 1.54) is 0 Å². The van der Waals surface area contributed by atoms with E-state index in [4.69, 9.17) is 5.73 Å². The van der Waals surface area contributed by atoms with Crippen LogP contribution >= 0.6 is 11.3 Å². The quantitative estimate of drug-likeness (QED) is 0.726. The summed E-state index contributed by atoms with van der Waals surface area (Å²) in [5.74, 6) is 0.477. The standard InChI is InChI=1S/C12H10N4S/c13-12-10(9-3-1-2-5-14-9)11(15-16-12)8-4-6-17-7-8/h1-7H,(H3,13,15,16). The van der Waals surface area contributed by atoms with Crippen LogP contribution in [-0.2, 0) is 0 Å². The van der Waals surface area contributed by atoms with Crippen molar-refractivity contribution in [2.75, 3.05) is 5.73 Å². The van der Waals surface area contributed by atoms with Crippen LogP contribution in [0.5, 0.6) is 0 Å². The molecule has 0 fully saturated rings. The lowest BCUT2D eigenvalue weighted by molar-refractivity contribution is 1.10. The first-order chi connectivity index (χ1) is 8.36. The minimum atomic E-state index is 0.477. The number of H-pyrrole nitrogens is 1. The zero-order valence-corrected chi connectivity index (χ0v) is 9.74. The maximum Gasteiger partial charge on any atom is 0.155 e. The van der Waals surface area contributed by atoms with E-state index >= 15 is 0 Å². The second-order valence-electron chi connectivity index (χ2n) is 3.59. The lowest BCUT2D eigenvalue weighted by Gasteiger charge is -2.01. The number of aromatic nitrogens is 3. The highest BCUT2D eigenvalue weighted by molar-refractivity contribution is 7.08. The molecule has 0 saturated carbocycles. The number of anilines is 1. The molecule has 0 atom stereocenters. The Balaban J connectivity index is 2.20. The van der Waals surface area contributed by atoms with E-state index in [-0.39, 0.29) is 0 Å². The van der Waals surface area contributed by atoms with Crippen LogP contribution < -0.4 is 5.73 Å². The van der Waals surface area contributed by atoms with Crippen molar-refractivity contribution in [3.63, 3.8) is 0 Å². The molecule has 3 N–H and O–H groups in total. The summed E-state index contributed by atoms with van der Waals surface area (Å²) in [6, 6.07) is 7.78. The van der Waals surface area contributed by atoms with Gasteiger partial charge in [0.05, 0.1) is 17.0 Å². The molecule has 17 heavy (non-hydrogen) atoms. The molecule has 0 amide bonds. The third-order valence-electron chi connectivity index (χ3n) is 2.53. The van der Waals surface area contributed by atoms with E-state index in [0.29, 0.717) is 5.82 Å². The van der Waals surface area contributed by atoms with Gasteiger partial charge in [-0.3, -0.25) is 10.1 Å². The maximum atomic E-state index is 5.90. The van der Waals surface area contributed by atoms with Crippen LogP contribution in [0.3, 0.4) is 0 Å². The van der Waals surface area contributed by atoms with E-state index in [9.17, 15) is 0 Å². The number of nitrogens with two attached hydrogens (primary N) is 1. The molecule has 0 aliphatic carbocycles. The molecule has 0 aromatic carbocycles. The summed E-state index contributed by atoms with van der Waals surface area (Å²) in [6.45, 7) is 0. The third kappa shape index (κ3) is 1.70. The highest BCUT2D eigenvalue weighted by atomic mass is 32.1. The Morgan fingerprint density at radius 3 is 2.88 bits per heavy atom. The minimum Gasteiger partial charge on any atom is -0.382 e. The maximum absolute atomic E-state index is 5.90. The molecule has 3 heterocycles. The zero-order chi connectivity index (χ0) is 11.7. The average Bonchev–Trinajstić information content (AvgIpc) is 2.98. The fourth-order valence-corrected chi connectivity index (χ4v) is 2.39. The van der Waals surface area contributed by atoms with Crippen LogP contribution in [0, 0.1) is 0 Å². The molecule has 0 unspecified atom stereocenters. The van der Waals surface area contributed by atoms with Crippen molar-refractivity contribution >= 4 is 17.2 Å². The molecule has 0 bridgehead atoms. The summed E-state index contributed by atoms with van der Waals surface area (Å²) < 4.78 is 0. The monoisotopic (exact) mass is 242 g/mol. The molecule has 3 rings (SSSR count). The van der Waals surface area contributed by atoms with Gasteiger partial charge in [0.15, 0.2) is 5.82 Å². The minimum absolute atomic E-state index is 0.477. The van der Waals surface area contributed by atoms with Crippen molar-refractivity contribution in [3.8, 4) is 22.5 Å². The summed E-state index contributed by atoms with van der Waals surface area (Å²) in [4.78, 5) is 4.32. The molecule has 0 spiro atoms. The van der Waals surface area contributed by atoms with Crippen LogP contribution in [-0.4, -0.2) is 15.2 Å². The van der Waals surface area contributed by atoms with Gasteiger partial charge >= 0.3 is 0 Å². The lowest BCUT2D eigenvalue weighted by Crippen LogP contribution is -1.90. The van der Waals surface area contributed by atoms with Crippen LogP contribution in [0.15, 0.2) is 41.2 Å². The molecule has 3 aromatic rings. The number of nitrogens with zero attached hydrogens (tertiary/aromatic N) is 2. The van der Waals surface area contributed by atoms with Crippen molar-refractivity contribution in [2.24, 2.45) is 0 Å². The largest absolute Gasteiger partial charge is 0.382 e. The number of thiophene rings is 1. The average molecular weight is 242 g/mol. The highest BCUT2D eigenvalue weighted by Crippen LogP contribution is 2.34. The van der Waals surface area contributed by atoms with Gasteiger partial charge in [-0.15, -0.1) is 0 Å². The number of nitrogens with one attached hydrogen (secondary N) is 1. The second-order valence-corrected chi connectivity index (χ2v) is 4.37. The van der Waals surface area contributed by atoms with Crippen LogP contribution in [0.25, 0.3) is 22.5 Å². The predicted molar refractivity (Wildman–Crippen MR) is 69.5 cm³/mol. The molecule has 0 aliphatic rings. The summed E-state index contributed by atoms with van der Waals surface area (Å²) in [5.41, 5.74) is 9.60. The van der Waals surface area contributed by atoms with Gasteiger partial charge in [-0.1, -0.05) is 6.07 Å². The fourth-order valence-electron chi connectivity index (χ4n) is 1.74. The highest BCUT2D eigenvalue weighted by Gasteiger charge is 2.15. The Hall–Kier alpha value is -2.14. The number of pyridine rings is 1. The first kappa shape index (κ1) is 10.0. The molecule has 0 radical (unpaired) electrons. The van der Waals surface area contributed by atoms with Crippen LogP contribution in [0.4, 0.5) is 5.82 Å². The van der Waals surface area contributed by atoms with Crippen LogP contribution in [0.2, 0.25) is 0 Å². The second kappa shape index (κ2) is 4.03. The zero-order valence-electron chi connectivity index (χ0n) is 8.92. The fraction of sp³-hybridized carbons (Fsp3) is 0. The number of nitrogen functional groups attached to an aromatic ring is 1. The van der Waals surface area contributed by atoms with Crippen molar-refractivity contribution in [3.05, 3.63) is 41.2 Å². The van der Waals surface area contributed by atoms with E-state index in [1.54, 1.807) is 17.5 Å². The van der Waals surface area contributed by atoms with Crippen molar-refractivity contribution in [1.82, 2.24) is 15.2 Å². The predicted octanol–water partition coefficient (Wildman–Crippen LogP) is 2.78. The van der Waals surface area contributed by atoms with Gasteiger partial charge < -0.3 is 5.73 Å². The molecule has 84 valence electrons. The van der Waals surface area contributed by atoms with Gasteiger partial charge in [0, 0.05) is 17.1 Å². The number of hydrogen-bond donors (Lipinski definition) is 2. The Morgan fingerprint density at radius 1 is 1.24 bits per heavy atom. The Kier molecular flexibility index (Phi) is 2.38. The topological polar surface area (TPSA) is 67.6 Å². The summed E-state index contributed by atoms with van der Waals surface area (Å²) in [7, 11) is 0. The molecular formula is C12H10N4S. The van der Waals surface area contributed by atoms with Gasteiger partial charge in [-0.2, -0.15) is 16.4 Å². The van der Waals surface area contributed by atoms with Gasteiger partial charge in [-0.05, 0) is 23.6 Å². The van der Waals surface area contributed by atoms with E-state index in [2.05, 4.69) is 20.6 Å². The van der Waals surface area contributed by atoms with Gasteiger partial charge in [0.1, 0.15) is 0 Å². The third-order valence-corrected chi connectivity index (χ3v) is 3.21. The van der Waals surface area contributed by atoms with E-state index in [0.717, 1.165) is 22.5 Å². The van der Waals surface area contributed by atoms with Crippen LogP contribution in [0.1, 0.15) is 0 Å².